The first-order valence-electron chi connectivity index (χ1n) is 9.05. The van der Waals surface area contributed by atoms with E-state index in [0.29, 0.717) is 36.7 Å². The van der Waals surface area contributed by atoms with Gasteiger partial charge in [0.1, 0.15) is 11.9 Å². The van der Waals surface area contributed by atoms with Crippen molar-refractivity contribution in [3.05, 3.63) is 41.5 Å². The lowest BCUT2D eigenvalue weighted by Crippen LogP contribution is -2.39. The van der Waals surface area contributed by atoms with Gasteiger partial charge in [-0.25, -0.2) is 8.42 Å². The molecule has 2 N–H and O–H groups in total. The summed E-state index contributed by atoms with van der Waals surface area (Å²) in [6.07, 6.45) is 1.21. The fourth-order valence-corrected chi connectivity index (χ4v) is 4.12. The summed E-state index contributed by atoms with van der Waals surface area (Å²) in [5, 5.41) is 6.57. The van der Waals surface area contributed by atoms with Crippen LogP contribution in [-0.4, -0.2) is 42.9 Å². The Bertz CT molecular complexity index is 997. The number of hydrogen-bond donors (Lipinski definition) is 2. The Morgan fingerprint density at radius 1 is 1.32 bits per heavy atom. The third kappa shape index (κ3) is 4.38. The van der Waals surface area contributed by atoms with Gasteiger partial charge in [-0.05, 0) is 31.4 Å². The van der Waals surface area contributed by atoms with Crippen LogP contribution in [0, 0.1) is 12.8 Å². The predicted octanol–water partition coefficient (Wildman–Crippen LogP) is 1.19. The number of amidine groups is 1. The molecule has 0 radical (unpaired) electrons. The summed E-state index contributed by atoms with van der Waals surface area (Å²) in [5.41, 5.74) is 0.479. The lowest BCUT2D eigenvalue weighted by molar-refractivity contribution is -0.123. The molecule has 0 unspecified atom stereocenters. The largest absolute Gasteiger partial charge is 0.354 e. The van der Waals surface area contributed by atoms with Crippen molar-refractivity contribution in [2.75, 3.05) is 6.54 Å². The number of sulfonamides is 1. The molecular formula is C18H23N5O4S. The normalized spacial score (nSPS) is 17.4. The molecule has 1 amide bonds. The smallest absolute Gasteiger partial charge is 0.263 e. The molecule has 28 heavy (non-hydrogen) atoms. The Morgan fingerprint density at radius 2 is 2.07 bits per heavy atom. The van der Waals surface area contributed by atoms with Crippen molar-refractivity contribution < 1.29 is 17.7 Å². The molecule has 9 nitrogen and oxygen atoms in total. The highest BCUT2D eigenvalue weighted by Crippen LogP contribution is 2.23. The highest BCUT2D eigenvalue weighted by atomic mass is 32.2. The number of fused-ring (bicyclic) bond motifs is 1. The summed E-state index contributed by atoms with van der Waals surface area (Å²) in [7, 11) is -3.64. The molecule has 1 aromatic heterocycles. The minimum atomic E-state index is -3.64. The number of amides is 1. The van der Waals surface area contributed by atoms with Gasteiger partial charge in [0.25, 0.3) is 10.0 Å². The minimum Gasteiger partial charge on any atom is -0.354 e. The number of carbonyl (C=O) groups is 1. The molecule has 0 saturated heterocycles. The highest BCUT2D eigenvalue weighted by Gasteiger charge is 2.32. The van der Waals surface area contributed by atoms with E-state index in [9.17, 15) is 13.2 Å². The summed E-state index contributed by atoms with van der Waals surface area (Å²) in [6.45, 7) is 5.91. The van der Waals surface area contributed by atoms with Crippen molar-refractivity contribution in [3.8, 4) is 0 Å². The molecule has 0 fully saturated rings. The zero-order valence-corrected chi connectivity index (χ0v) is 16.8. The number of carbonyl (C=O) groups excluding carboxylic acids is 1. The molecule has 1 aliphatic heterocycles. The van der Waals surface area contributed by atoms with Crippen LogP contribution in [0.5, 0.6) is 0 Å². The number of aryl methyl sites for hydroxylation is 2. The van der Waals surface area contributed by atoms with Gasteiger partial charge in [0.2, 0.25) is 11.8 Å². The molecule has 0 bridgehead atoms. The van der Waals surface area contributed by atoms with Crippen LogP contribution < -0.4 is 10.0 Å². The number of nitrogens with one attached hydrogen (secondary N) is 2. The first-order chi connectivity index (χ1) is 13.3. The second kappa shape index (κ2) is 8.09. The standard InChI is InChI=1S/C18H23N5O4S/c1-11(2)16(18(24)19-10-6-9-15-20-12(3)22-27-15)21-17-13-7-4-5-8-14(13)28(25,26)23-17/h4-5,7-8,11,16H,6,9-10H2,1-3H3,(H,19,24)(H,21,23)/t16-/m0/s1. The fraction of sp³-hybridized carbons (Fsp3) is 0.444. The lowest BCUT2D eigenvalue weighted by Gasteiger charge is -2.17. The summed E-state index contributed by atoms with van der Waals surface area (Å²) in [5.74, 6) is 0.945. The molecule has 3 rings (SSSR count). The molecule has 0 aliphatic carbocycles. The summed E-state index contributed by atoms with van der Waals surface area (Å²) < 4.78 is 31.9. The average Bonchev–Trinajstić information content (AvgIpc) is 3.17. The second-order valence-electron chi connectivity index (χ2n) is 6.90. The van der Waals surface area contributed by atoms with Crippen molar-refractivity contribution in [1.29, 1.82) is 0 Å². The molecule has 0 spiro atoms. The van der Waals surface area contributed by atoms with Gasteiger partial charge in [0.15, 0.2) is 5.82 Å². The molecular weight excluding hydrogens is 382 g/mol. The van der Waals surface area contributed by atoms with Crippen LogP contribution in [0.3, 0.4) is 0 Å². The third-order valence-corrected chi connectivity index (χ3v) is 5.66. The maximum absolute atomic E-state index is 12.6. The van der Waals surface area contributed by atoms with E-state index in [4.69, 9.17) is 4.52 Å². The van der Waals surface area contributed by atoms with Crippen molar-refractivity contribution in [2.45, 2.75) is 44.6 Å². The van der Waals surface area contributed by atoms with E-state index in [0.717, 1.165) is 0 Å². The Morgan fingerprint density at radius 3 is 2.75 bits per heavy atom. The SMILES string of the molecule is Cc1noc(CCCNC(=O)[C@@H](N=C2NS(=O)(=O)c3ccccc32)C(C)C)n1. The van der Waals surface area contributed by atoms with Gasteiger partial charge in [0.05, 0.1) is 4.90 Å². The van der Waals surface area contributed by atoms with E-state index in [1.807, 2.05) is 13.8 Å². The van der Waals surface area contributed by atoms with Gasteiger partial charge in [-0.15, -0.1) is 0 Å². The average molecular weight is 405 g/mol. The Labute approximate surface area is 163 Å². The first-order valence-corrected chi connectivity index (χ1v) is 10.5. The molecule has 10 heteroatoms. The van der Waals surface area contributed by atoms with Crippen LogP contribution in [0.2, 0.25) is 0 Å². The summed E-state index contributed by atoms with van der Waals surface area (Å²) in [6, 6.07) is 5.87. The number of benzene rings is 1. The Balaban J connectivity index is 1.66. The topological polar surface area (TPSA) is 127 Å². The number of rotatable bonds is 7. The molecule has 2 aromatic rings. The maximum atomic E-state index is 12.6. The van der Waals surface area contributed by atoms with Crippen LogP contribution in [-0.2, 0) is 21.2 Å². The van der Waals surface area contributed by atoms with E-state index in [1.165, 1.54) is 6.07 Å². The Kier molecular flexibility index (Phi) is 5.78. The lowest BCUT2D eigenvalue weighted by atomic mass is 10.0. The van der Waals surface area contributed by atoms with Gasteiger partial charge in [-0.3, -0.25) is 14.5 Å². The molecule has 0 saturated carbocycles. The maximum Gasteiger partial charge on any atom is 0.263 e. The number of nitrogens with zero attached hydrogens (tertiary/aromatic N) is 3. The predicted molar refractivity (Wildman–Crippen MR) is 102 cm³/mol. The highest BCUT2D eigenvalue weighted by molar-refractivity contribution is 7.90. The number of aromatic nitrogens is 2. The van der Waals surface area contributed by atoms with E-state index in [2.05, 4.69) is 25.2 Å². The van der Waals surface area contributed by atoms with E-state index >= 15 is 0 Å². The van der Waals surface area contributed by atoms with Crippen LogP contribution in [0.1, 0.15) is 37.5 Å². The van der Waals surface area contributed by atoms with Gasteiger partial charge in [-0.2, -0.15) is 4.98 Å². The van der Waals surface area contributed by atoms with Crippen molar-refractivity contribution in [3.63, 3.8) is 0 Å². The van der Waals surface area contributed by atoms with Crippen molar-refractivity contribution in [2.24, 2.45) is 10.9 Å². The quantitative estimate of drug-likeness (QED) is 0.666. The van der Waals surface area contributed by atoms with E-state index in [-0.39, 0.29) is 22.6 Å². The Hall–Kier alpha value is -2.75. The molecule has 1 aliphatic rings. The monoisotopic (exact) mass is 405 g/mol. The zero-order chi connectivity index (χ0) is 20.3. The zero-order valence-electron chi connectivity index (χ0n) is 16.0. The summed E-state index contributed by atoms with van der Waals surface area (Å²) in [4.78, 5) is 21.3. The van der Waals surface area contributed by atoms with Gasteiger partial charge in [0, 0.05) is 18.5 Å². The fourth-order valence-electron chi connectivity index (χ4n) is 2.88. The first kappa shape index (κ1) is 20.0. The molecule has 2 heterocycles. The van der Waals surface area contributed by atoms with Crippen LogP contribution in [0.4, 0.5) is 0 Å². The van der Waals surface area contributed by atoms with E-state index < -0.39 is 16.1 Å². The van der Waals surface area contributed by atoms with Crippen LogP contribution in [0.25, 0.3) is 0 Å². The van der Waals surface area contributed by atoms with Crippen LogP contribution in [0.15, 0.2) is 38.7 Å². The van der Waals surface area contributed by atoms with Gasteiger partial charge in [-0.1, -0.05) is 31.1 Å². The third-order valence-electron chi connectivity index (χ3n) is 4.27. The molecule has 150 valence electrons. The van der Waals surface area contributed by atoms with Crippen molar-refractivity contribution >= 4 is 21.8 Å². The summed E-state index contributed by atoms with van der Waals surface area (Å²) >= 11 is 0. The van der Waals surface area contributed by atoms with Crippen LogP contribution >= 0.6 is 0 Å². The molecule has 1 aromatic carbocycles. The van der Waals surface area contributed by atoms with Gasteiger partial charge >= 0.3 is 0 Å². The van der Waals surface area contributed by atoms with Crippen molar-refractivity contribution in [1.82, 2.24) is 20.2 Å². The second-order valence-corrected chi connectivity index (χ2v) is 8.55. The number of hydrogen-bond acceptors (Lipinski definition) is 7. The number of aliphatic imine (C=N–C) groups is 1. The molecule has 1 atom stereocenters. The van der Waals surface area contributed by atoms with Gasteiger partial charge < -0.3 is 9.84 Å². The minimum absolute atomic E-state index is 0.108. The van der Waals surface area contributed by atoms with E-state index in [1.54, 1.807) is 25.1 Å².